The second kappa shape index (κ2) is 8.18. The molecule has 0 aliphatic heterocycles. The number of anilines is 1. The quantitative estimate of drug-likeness (QED) is 0.669. The Morgan fingerprint density at radius 2 is 2.07 bits per heavy atom. The van der Waals surface area contributed by atoms with Gasteiger partial charge in [-0.25, -0.2) is 9.37 Å². The molecule has 1 heterocycles. The fourth-order valence-corrected chi connectivity index (χ4v) is 3.17. The van der Waals surface area contributed by atoms with Crippen molar-refractivity contribution >= 4 is 22.4 Å². The van der Waals surface area contributed by atoms with Crippen LogP contribution in [0.2, 0.25) is 0 Å². The number of methoxy groups -OCH3 is 1. The lowest BCUT2D eigenvalue weighted by Gasteiger charge is -2.14. The molecule has 1 aromatic heterocycles. The van der Waals surface area contributed by atoms with Crippen LogP contribution in [0.3, 0.4) is 0 Å². The first-order valence-corrected chi connectivity index (χ1v) is 9.18. The Morgan fingerprint density at radius 3 is 2.78 bits per heavy atom. The molecular weight excluding hydrogens is 367 g/mol. The first kappa shape index (κ1) is 18.8. The van der Waals surface area contributed by atoms with E-state index in [0.29, 0.717) is 22.1 Å². The van der Waals surface area contributed by atoms with Crippen LogP contribution in [0.25, 0.3) is 11.3 Å². The Bertz CT molecular complexity index is 958. The van der Waals surface area contributed by atoms with E-state index in [1.807, 2.05) is 25.1 Å². The van der Waals surface area contributed by atoms with Gasteiger partial charge in [-0.15, -0.1) is 11.3 Å². The summed E-state index contributed by atoms with van der Waals surface area (Å²) >= 11 is 1.26. The minimum Gasteiger partial charge on any atom is -0.494 e. The molecule has 1 N–H and O–H groups in total. The van der Waals surface area contributed by atoms with E-state index in [1.54, 1.807) is 30.5 Å². The molecule has 0 saturated heterocycles. The van der Waals surface area contributed by atoms with Gasteiger partial charge in [0.25, 0.3) is 5.91 Å². The number of rotatable bonds is 6. The summed E-state index contributed by atoms with van der Waals surface area (Å²) in [7, 11) is 1.41. The van der Waals surface area contributed by atoms with E-state index in [0.717, 1.165) is 5.56 Å². The predicted molar refractivity (Wildman–Crippen MR) is 104 cm³/mol. The van der Waals surface area contributed by atoms with Crippen molar-refractivity contribution in [3.8, 4) is 22.8 Å². The van der Waals surface area contributed by atoms with Crippen LogP contribution >= 0.6 is 11.3 Å². The van der Waals surface area contributed by atoms with Crippen molar-refractivity contribution in [1.29, 1.82) is 0 Å². The van der Waals surface area contributed by atoms with Crippen molar-refractivity contribution in [2.45, 2.75) is 20.0 Å². The first-order valence-electron chi connectivity index (χ1n) is 8.30. The van der Waals surface area contributed by atoms with Crippen LogP contribution in [0, 0.1) is 12.7 Å². The van der Waals surface area contributed by atoms with E-state index in [9.17, 15) is 9.18 Å². The molecule has 0 aliphatic rings. The average Bonchev–Trinajstić information content (AvgIpc) is 3.10. The van der Waals surface area contributed by atoms with Crippen molar-refractivity contribution in [2.75, 3.05) is 12.4 Å². The lowest BCUT2D eigenvalue weighted by atomic mass is 10.1. The monoisotopic (exact) mass is 386 g/mol. The average molecular weight is 386 g/mol. The smallest absolute Gasteiger partial charge is 0.266 e. The standard InChI is InChI=1S/C20H19FN2O3S/c1-12-5-4-6-15(9-12)26-13(2)19(24)23-20-22-17(11-27-20)14-7-8-18(25-3)16(21)10-14/h4-11,13H,1-3H3,(H,22,23,24)/t13-/m1/s1. The number of carbonyl (C=O) groups excluding carboxylic acids is 1. The fourth-order valence-electron chi connectivity index (χ4n) is 2.44. The molecule has 2 aromatic carbocycles. The summed E-state index contributed by atoms with van der Waals surface area (Å²) in [6.45, 7) is 3.63. The summed E-state index contributed by atoms with van der Waals surface area (Å²) < 4.78 is 24.4. The number of carbonyl (C=O) groups is 1. The molecule has 27 heavy (non-hydrogen) atoms. The van der Waals surface area contributed by atoms with Crippen LogP contribution in [0.4, 0.5) is 9.52 Å². The van der Waals surface area contributed by atoms with E-state index in [1.165, 1.54) is 24.5 Å². The molecule has 0 bridgehead atoms. The number of hydrogen-bond donors (Lipinski definition) is 1. The van der Waals surface area contributed by atoms with E-state index in [4.69, 9.17) is 9.47 Å². The number of thiazole rings is 1. The van der Waals surface area contributed by atoms with Gasteiger partial charge in [0, 0.05) is 10.9 Å². The number of aryl methyl sites for hydroxylation is 1. The van der Waals surface area contributed by atoms with Gasteiger partial charge in [0.2, 0.25) is 0 Å². The lowest BCUT2D eigenvalue weighted by molar-refractivity contribution is -0.122. The lowest BCUT2D eigenvalue weighted by Crippen LogP contribution is -2.30. The molecule has 0 aliphatic carbocycles. The minimum atomic E-state index is -0.683. The molecule has 1 atom stereocenters. The van der Waals surface area contributed by atoms with Gasteiger partial charge in [-0.3, -0.25) is 10.1 Å². The predicted octanol–water partition coefficient (Wildman–Crippen LogP) is 4.67. The van der Waals surface area contributed by atoms with Crippen LogP contribution in [-0.4, -0.2) is 24.1 Å². The molecule has 3 aromatic rings. The highest BCUT2D eigenvalue weighted by Gasteiger charge is 2.17. The highest BCUT2D eigenvalue weighted by molar-refractivity contribution is 7.14. The number of nitrogens with one attached hydrogen (secondary N) is 1. The molecule has 0 radical (unpaired) electrons. The highest BCUT2D eigenvalue weighted by atomic mass is 32.1. The van der Waals surface area contributed by atoms with Gasteiger partial charge in [0.1, 0.15) is 5.75 Å². The number of nitrogens with zero attached hydrogens (tertiary/aromatic N) is 1. The van der Waals surface area contributed by atoms with Crippen molar-refractivity contribution in [2.24, 2.45) is 0 Å². The van der Waals surface area contributed by atoms with E-state index < -0.39 is 11.9 Å². The summed E-state index contributed by atoms with van der Waals surface area (Å²) in [5.74, 6) is 0.0305. The molecule has 140 valence electrons. The van der Waals surface area contributed by atoms with Gasteiger partial charge >= 0.3 is 0 Å². The highest BCUT2D eigenvalue weighted by Crippen LogP contribution is 2.28. The third kappa shape index (κ3) is 4.62. The van der Waals surface area contributed by atoms with Crippen LogP contribution in [-0.2, 0) is 4.79 Å². The molecular formula is C20H19FN2O3S. The second-order valence-corrected chi connectivity index (χ2v) is 6.81. The normalized spacial score (nSPS) is 11.7. The zero-order valence-corrected chi connectivity index (χ0v) is 16.0. The molecule has 0 unspecified atom stereocenters. The molecule has 0 spiro atoms. The Balaban J connectivity index is 1.66. The van der Waals surface area contributed by atoms with E-state index in [2.05, 4.69) is 10.3 Å². The summed E-state index contributed by atoms with van der Waals surface area (Å²) in [5, 5.41) is 4.90. The number of hydrogen-bond acceptors (Lipinski definition) is 5. The third-order valence-electron chi connectivity index (χ3n) is 3.85. The Labute approximate surface area is 160 Å². The van der Waals surface area contributed by atoms with Gasteiger partial charge in [-0.1, -0.05) is 12.1 Å². The van der Waals surface area contributed by atoms with E-state index in [-0.39, 0.29) is 11.7 Å². The largest absolute Gasteiger partial charge is 0.494 e. The van der Waals surface area contributed by atoms with E-state index >= 15 is 0 Å². The fraction of sp³-hybridized carbons (Fsp3) is 0.200. The van der Waals surface area contributed by atoms with Crippen LogP contribution in [0.1, 0.15) is 12.5 Å². The summed E-state index contributed by atoms with van der Waals surface area (Å²) in [5.41, 5.74) is 2.23. The molecule has 5 nitrogen and oxygen atoms in total. The second-order valence-electron chi connectivity index (χ2n) is 5.95. The topological polar surface area (TPSA) is 60.5 Å². The Morgan fingerprint density at radius 1 is 1.26 bits per heavy atom. The zero-order chi connectivity index (χ0) is 19.4. The van der Waals surface area contributed by atoms with Gasteiger partial charge in [-0.2, -0.15) is 0 Å². The van der Waals surface area contributed by atoms with Crippen LogP contribution in [0.15, 0.2) is 47.8 Å². The number of aromatic nitrogens is 1. The van der Waals surface area contributed by atoms with Crippen molar-refractivity contribution in [1.82, 2.24) is 4.98 Å². The number of ether oxygens (including phenoxy) is 2. The Hall–Kier alpha value is -2.93. The van der Waals surface area contributed by atoms with Crippen molar-refractivity contribution in [3.63, 3.8) is 0 Å². The molecule has 0 fully saturated rings. The first-order chi connectivity index (χ1) is 13.0. The third-order valence-corrected chi connectivity index (χ3v) is 4.61. The molecule has 1 amide bonds. The number of amides is 1. The van der Waals surface area contributed by atoms with Crippen LogP contribution in [0.5, 0.6) is 11.5 Å². The van der Waals surface area contributed by atoms with Crippen molar-refractivity contribution in [3.05, 3.63) is 59.2 Å². The summed E-state index contributed by atoms with van der Waals surface area (Å²) in [4.78, 5) is 16.7. The maximum atomic E-state index is 13.9. The van der Waals surface area contributed by atoms with Crippen LogP contribution < -0.4 is 14.8 Å². The van der Waals surface area contributed by atoms with Gasteiger partial charge < -0.3 is 9.47 Å². The number of halogens is 1. The molecule has 7 heteroatoms. The maximum absolute atomic E-state index is 13.9. The Kier molecular flexibility index (Phi) is 5.71. The van der Waals surface area contributed by atoms with Crippen molar-refractivity contribution < 1.29 is 18.7 Å². The molecule has 3 rings (SSSR count). The number of benzene rings is 2. The zero-order valence-electron chi connectivity index (χ0n) is 15.2. The molecule has 0 saturated carbocycles. The summed E-state index contributed by atoms with van der Waals surface area (Å²) in [6, 6.07) is 12.1. The SMILES string of the molecule is COc1ccc(-c2csc(NC(=O)[C@@H](C)Oc3cccc(C)c3)n2)cc1F. The minimum absolute atomic E-state index is 0.171. The summed E-state index contributed by atoms with van der Waals surface area (Å²) in [6.07, 6.45) is -0.683. The maximum Gasteiger partial charge on any atom is 0.266 e. The van der Waals surface area contributed by atoms with Gasteiger partial charge in [0.15, 0.2) is 22.8 Å². The van der Waals surface area contributed by atoms with Gasteiger partial charge in [0.05, 0.1) is 12.8 Å². The van der Waals surface area contributed by atoms with Gasteiger partial charge in [-0.05, 0) is 49.7 Å².